The molecule has 3 rings (SSSR count). The second-order valence-electron chi connectivity index (χ2n) is 4.66. The zero-order valence-corrected chi connectivity index (χ0v) is 12.6. The molecule has 0 atom stereocenters. The Bertz CT molecular complexity index is 798. The lowest BCUT2D eigenvalue weighted by Crippen LogP contribution is -1.99. The van der Waals surface area contributed by atoms with Crippen molar-refractivity contribution < 1.29 is 4.39 Å². The van der Waals surface area contributed by atoms with E-state index in [0.717, 1.165) is 15.8 Å². The molecule has 3 aromatic rings. The van der Waals surface area contributed by atoms with Crippen molar-refractivity contribution in [2.75, 3.05) is 0 Å². The van der Waals surface area contributed by atoms with Crippen molar-refractivity contribution in [1.82, 2.24) is 9.97 Å². The third-order valence-corrected chi connectivity index (χ3v) is 4.71. The number of hydrogen-bond acceptors (Lipinski definition) is 3. The van der Waals surface area contributed by atoms with Gasteiger partial charge in [0.1, 0.15) is 21.6 Å². The topological polar surface area (TPSA) is 25.8 Å². The molecular formula is C15H12ClFN2S. The molecule has 0 fully saturated rings. The summed E-state index contributed by atoms with van der Waals surface area (Å²) < 4.78 is 13.7. The number of aromatic nitrogens is 2. The smallest absolute Gasteiger partial charge is 0.141 e. The minimum Gasteiger partial charge on any atom is -0.222 e. The van der Waals surface area contributed by atoms with Crippen LogP contribution < -0.4 is 0 Å². The summed E-state index contributed by atoms with van der Waals surface area (Å²) in [6.07, 6.45) is 0.346. The summed E-state index contributed by atoms with van der Waals surface area (Å²) in [5.41, 5.74) is 1.69. The second-order valence-corrected chi connectivity index (χ2v) is 6.22. The summed E-state index contributed by atoms with van der Waals surface area (Å²) in [6, 6.07) is 6.65. The van der Waals surface area contributed by atoms with Crippen molar-refractivity contribution in [1.29, 1.82) is 0 Å². The highest BCUT2D eigenvalue weighted by atomic mass is 35.5. The van der Waals surface area contributed by atoms with Crippen molar-refractivity contribution in [2.24, 2.45) is 0 Å². The standard InChI is InChI=1S/C15H12ClFN2S/c1-8-9(2)20-15-13(8)14(16)18-12(19-15)7-10-5-3-4-6-11(10)17/h3-6H,7H2,1-2H3. The fourth-order valence-corrected chi connectivity index (χ4v) is 3.57. The van der Waals surface area contributed by atoms with E-state index in [1.165, 1.54) is 10.9 Å². The van der Waals surface area contributed by atoms with Crippen LogP contribution in [0.25, 0.3) is 10.2 Å². The highest BCUT2D eigenvalue weighted by Gasteiger charge is 2.14. The Balaban J connectivity index is 2.07. The predicted octanol–water partition coefficient (Wildman–Crippen LogP) is 4.69. The molecule has 0 saturated heterocycles. The second kappa shape index (κ2) is 5.11. The van der Waals surface area contributed by atoms with Crippen molar-refractivity contribution >= 4 is 33.2 Å². The van der Waals surface area contributed by atoms with Crippen LogP contribution in [0, 0.1) is 19.7 Å². The van der Waals surface area contributed by atoms with Gasteiger partial charge in [0.25, 0.3) is 0 Å². The highest BCUT2D eigenvalue weighted by Crippen LogP contribution is 2.33. The van der Waals surface area contributed by atoms with Crippen molar-refractivity contribution in [3.8, 4) is 0 Å². The number of rotatable bonds is 2. The first kappa shape index (κ1) is 13.5. The summed E-state index contributed by atoms with van der Waals surface area (Å²) in [4.78, 5) is 10.9. The number of nitrogens with zero attached hydrogens (tertiary/aromatic N) is 2. The van der Waals surface area contributed by atoms with Crippen LogP contribution in [-0.4, -0.2) is 9.97 Å². The first-order valence-corrected chi connectivity index (χ1v) is 7.41. The molecule has 1 aromatic carbocycles. The number of hydrogen-bond donors (Lipinski definition) is 0. The molecule has 0 radical (unpaired) electrons. The predicted molar refractivity (Wildman–Crippen MR) is 81.1 cm³/mol. The Labute approximate surface area is 125 Å². The molecule has 0 N–H and O–H groups in total. The fraction of sp³-hybridized carbons (Fsp3) is 0.200. The van der Waals surface area contributed by atoms with Gasteiger partial charge in [-0.05, 0) is 31.0 Å². The Hall–Kier alpha value is -1.52. The van der Waals surface area contributed by atoms with E-state index in [0.29, 0.717) is 23.0 Å². The first-order chi connectivity index (χ1) is 9.56. The minimum absolute atomic E-state index is 0.245. The van der Waals surface area contributed by atoms with Gasteiger partial charge >= 0.3 is 0 Å². The van der Waals surface area contributed by atoms with E-state index < -0.39 is 0 Å². The van der Waals surface area contributed by atoms with Crippen LogP contribution in [0.4, 0.5) is 4.39 Å². The van der Waals surface area contributed by atoms with E-state index in [-0.39, 0.29) is 5.82 Å². The van der Waals surface area contributed by atoms with Crippen LogP contribution in [0.5, 0.6) is 0 Å². The largest absolute Gasteiger partial charge is 0.222 e. The third-order valence-electron chi connectivity index (χ3n) is 3.34. The van der Waals surface area contributed by atoms with Crippen LogP contribution in [0.2, 0.25) is 5.15 Å². The summed E-state index contributed by atoms with van der Waals surface area (Å²) in [7, 11) is 0. The molecule has 0 aliphatic rings. The molecule has 5 heteroatoms. The van der Waals surface area contributed by atoms with E-state index in [9.17, 15) is 4.39 Å². The zero-order valence-electron chi connectivity index (χ0n) is 11.1. The van der Waals surface area contributed by atoms with Gasteiger partial charge in [-0.3, -0.25) is 0 Å². The maximum absolute atomic E-state index is 13.7. The van der Waals surface area contributed by atoms with Gasteiger partial charge in [-0.1, -0.05) is 29.8 Å². The SMILES string of the molecule is Cc1sc2nc(Cc3ccccc3F)nc(Cl)c2c1C. The average Bonchev–Trinajstić information content (AvgIpc) is 2.68. The summed E-state index contributed by atoms with van der Waals surface area (Å²) in [6.45, 7) is 4.05. The van der Waals surface area contributed by atoms with Crippen LogP contribution in [0.15, 0.2) is 24.3 Å². The van der Waals surface area contributed by atoms with E-state index in [1.54, 1.807) is 29.5 Å². The lowest BCUT2D eigenvalue weighted by atomic mass is 10.1. The molecule has 20 heavy (non-hydrogen) atoms. The van der Waals surface area contributed by atoms with Gasteiger partial charge in [-0.2, -0.15) is 0 Å². The summed E-state index contributed by atoms with van der Waals surface area (Å²) in [5, 5.41) is 1.36. The summed E-state index contributed by atoms with van der Waals surface area (Å²) >= 11 is 7.84. The van der Waals surface area contributed by atoms with Crippen molar-refractivity contribution in [2.45, 2.75) is 20.3 Å². The Morgan fingerprint density at radius 2 is 1.95 bits per heavy atom. The highest BCUT2D eigenvalue weighted by molar-refractivity contribution is 7.18. The first-order valence-electron chi connectivity index (χ1n) is 6.22. The molecule has 0 aliphatic heterocycles. The van der Waals surface area contributed by atoms with E-state index >= 15 is 0 Å². The van der Waals surface area contributed by atoms with E-state index in [1.807, 2.05) is 13.8 Å². The van der Waals surface area contributed by atoms with Gasteiger partial charge in [-0.25, -0.2) is 14.4 Å². The average molecular weight is 307 g/mol. The Kier molecular flexibility index (Phi) is 3.44. The van der Waals surface area contributed by atoms with Gasteiger partial charge in [0.15, 0.2) is 0 Å². The Morgan fingerprint density at radius 3 is 2.70 bits per heavy atom. The monoisotopic (exact) mass is 306 g/mol. The molecule has 2 nitrogen and oxygen atoms in total. The molecular weight excluding hydrogens is 295 g/mol. The quantitative estimate of drug-likeness (QED) is 0.642. The van der Waals surface area contributed by atoms with Crippen LogP contribution >= 0.6 is 22.9 Å². The lowest BCUT2D eigenvalue weighted by molar-refractivity contribution is 0.612. The molecule has 0 unspecified atom stereocenters. The Morgan fingerprint density at radius 1 is 1.20 bits per heavy atom. The number of fused-ring (bicyclic) bond motifs is 1. The lowest BCUT2D eigenvalue weighted by Gasteiger charge is -2.03. The number of aryl methyl sites for hydroxylation is 2. The minimum atomic E-state index is -0.245. The number of halogens is 2. The molecule has 0 aliphatic carbocycles. The third kappa shape index (κ3) is 2.30. The zero-order chi connectivity index (χ0) is 14.3. The number of thiophene rings is 1. The van der Waals surface area contributed by atoms with Crippen LogP contribution in [-0.2, 0) is 6.42 Å². The van der Waals surface area contributed by atoms with E-state index in [4.69, 9.17) is 11.6 Å². The molecule has 0 saturated carbocycles. The van der Waals surface area contributed by atoms with Crippen LogP contribution in [0.3, 0.4) is 0 Å². The molecule has 2 aromatic heterocycles. The molecule has 0 bridgehead atoms. The van der Waals surface area contributed by atoms with Crippen molar-refractivity contribution in [3.05, 3.63) is 57.1 Å². The van der Waals surface area contributed by atoms with E-state index in [2.05, 4.69) is 9.97 Å². The fourth-order valence-electron chi connectivity index (χ4n) is 2.13. The van der Waals surface area contributed by atoms with Crippen LogP contribution in [0.1, 0.15) is 21.8 Å². The maximum atomic E-state index is 13.7. The van der Waals surface area contributed by atoms with Gasteiger partial charge in [0.05, 0.1) is 5.39 Å². The summed E-state index contributed by atoms with van der Waals surface area (Å²) in [5.74, 6) is 0.305. The maximum Gasteiger partial charge on any atom is 0.141 e. The van der Waals surface area contributed by atoms with Gasteiger partial charge < -0.3 is 0 Å². The van der Waals surface area contributed by atoms with Gasteiger partial charge in [0.2, 0.25) is 0 Å². The number of benzene rings is 1. The molecule has 102 valence electrons. The molecule has 0 spiro atoms. The molecule has 2 heterocycles. The van der Waals surface area contributed by atoms with Gasteiger partial charge in [0, 0.05) is 11.3 Å². The molecule has 0 amide bonds. The van der Waals surface area contributed by atoms with Gasteiger partial charge in [-0.15, -0.1) is 11.3 Å². The normalized spacial score (nSPS) is 11.2. The van der Waals surface area contributed by atoms with Crippen molar-refractivity contribution in [3.63, 3.8) is 0 Å².